The zero-order valence-corrected chi connectivity index (χ0v) is 16.7. The number of unbranched alkanes of at least 4 members (excludes halogenated alkanes) is 2. The smallest absolute Gasteiger partial charge is 0.227 e. The Morgan fingerprint density at radius 2 is 1.86 bits per heavy atom. The van der Waals surface area contributed by atoms with Gasteiger partial charge in [0, 0.05) is 12.1 Å². The lowest BCUT2D eigenvalue weighted by molar-refractivity contribution is -0.117. The first kappa shape index (κ1) is 20.6. The predicted molar refractivity (Wildman–Crippen MR) is 112 cm³/mol. The van der Waals surface area contributed by atoms with E-state index in [-0.39, 0.29) is 11.9 Å². The van der Waals surface area contributed by atoms with Gasteiger partial charge in [0.2, 0.25) is 5.91 Å². The van der Waals surface area contributed by atoms with Crippen molar-refractivity contribution in [2.45, 2.75) is 64.2 Å². The van der Waals surface area contributed by atoms with Crippen LogP contribution < -0.4 is 4.90 Å². The van der Waals surface area contributed by atoms with Gasteiger partial charge in [-0.25, -0.2) is 0 Å². The van der Waals surface area contributed by atoms with E-state index in [4.69, 9.17) is 4.74 Å². The van der Waals surface area contributed by atoms with E-state index in [0.29, 0.717) is 19.6 Å². The number of rotatable bonds is 10. The number of carbonyl (C=O) groups excluding carboxylic acids is 1. The Bertz CT molecular complexity index is 729. The minimum absolute atomic E-state index is 0.0662. The Morgan fingerprint density at radius 3 is 2.57 bits per heavy atom. The van der Waals surface area contributed by atoms with Crippen molar-refractivity contribution in [3.63, 3.8) is 0 Å². The Kier molecular flexibility index (Phi) is 7.63. The molecule has 4 nitrogen and oxygen atoms in total. The first-order valence-electron chi connectivity index (χ1n) is 10.4. The summed E-state index contributed by atoms with van der Waals surface area (Å²) in [5, 5.41) is 10.3. The van der Waals surface area contributed by atoms with Crippen LogP contribution in [0, 0.1) is 0 Å². The quantitative estimate of drug-likeness (QED) is 0.588. The van der Waals surface area contributed by atoms with Gasteiger partial charge in [-0.3, -0.25) is 4.79 Å². The molecule has 1 aliphatic heterocycles. The summed E-state index contributed by atoms with van der Waals surface area (Å²) in [4.78, 5) is 14.3. The lowest BCUT2D eigenvalue weighted by atomic mass is 10.0. The van der Waals surface area contributed by atoms with Crippen molar-refractivity contribution in [2.24, 2.45) is 0 Å². The van der Waals surface area contributed by atoms with Gasteiger partial charge >= 0.3 is 0 Å². The number of benzene rings is 2. The van der Waals surface area contributed by atoms with E-state index in [1.807, 2.05) is 59.5 Å². The largest absolute Gasteiger partial charge is 0.388 e. The molecule has 28 heavy (non-hydrogen) atoms. The number of aliphatic hydroxyl groups is 1. The third kappa shape index (κ3) is 5.43. The number of nitrogens with zero attached hydrogens (tertiary/aromatic N) is 1. The third-order valence-corrected chi connectivity index (χ3v) is 5.38. The topological polar surface area (TPSA) is 49.8 Å². The summed E-state index contributed by atoms with van der Waals surface area (Å²) in [5.74, 6) is 0.143. The summed E-state index contributed by atoms with van der Waals surface area (Å²) < 4.78 is 5.89. The van der Waals surface area contributed by atoms with Crippen LogP contribution in [0.15, 0.2) is 54.6 Å². The Balaban J connectivity index is 1.57. The van der Waals surface area contributed by atoms with E-state index in [1.54, 1.807) is 0 Å². The normalized spacial score (nSPS) is 17.9. The molecule has 4 heteroatoms. The van der Waals surface area contributed by atoms with E-state index >= 15 is 0 Å². The van der Waals surface area contributed by atoms with Crippen molar-refractivity contribution >= 4 is 11.6 Å². The van der Waals surface area contributed by atoms with Gasteiger partial charge < -0.3 is 14.7 Å². The lowest BCUT2D eigenvalue weighted by Crippen LogP contribution is -2.36. The molecule has 3 rings (SSSR count). The van der Waals surface area contributed by atoms with Crippen molar-refractivity contribution in [2.75, 3.05) is 11.5 Å². The molecule has 1 fully saturated rings. The molecule has 2 aromatic carbocycles. The van der Waals surface area contributed by atoms with Gasteiger partial charge in [0.25, 0.3) is 0 Å². The molecule has 1 N–H and O–H groups in total. The van der Waals surface area contributed by atoms with E-state index in [0.717, 1.165) is 48.9 Å². The van der Waals surface area contributed by atoms with Crippen molar-refractivity contribution < 1.29 is 14.6 Å². The number of amides is 1. The van der Waals surface area contributed by atoms with Gasteiger partial charge in [-0.1, -0.05) is 68.7 Å². The first-order chi connectivity index (χ1) is 13.7. The maximum absolute atomic E-state index is 12.4. The summed E-state index contributed by atoms with van der Waals surface area (Å²) in [5.41, 5.74) is 2.95. The highest BCUT2D eigenvalue weighted by Crippen LogP contribution is 2.29. The average Bonchev–Trinajstić information content (AvgIpc) is 3.09. The van der Waals surface area contributed by atoms with E-state index in [1.165, 1.54) is 0 Å². The standard InChI is InChI=1S/C24H31NO3/c1-2-3-5-10-23(26)20-11-13-21(14-12-20)25-22(15-16-24(25)27)18-28-17-19-8-6-4-7-9-19/h4,6-9,11-14,22-23,26H,2-3,5,10,15-18H2,1H3/t22-,23?/m1/s1. The van der Waals surface area contributed by atoms with Crippen LogP contribution in [0.5, 0.6) is 0 Å². The van der Waals surface area contributed by atoms with Crippen LogP contribution in [-0.4, -0.2) is 23.7 Å². The van der Waals surface area contributed by atoms with Crippen LogP contribution >= 0.6 is 0 Å². The molecular weight excluding hydrogens is 350 g/mol. The van der Waals surface area contributed by atoms with Gasteiger partial charge in [0.1, 0.15) is 0 Å². The molecule has 0 bridgehead atoms. The number of aliphatic hydroxyl groups excluding tert-OH is 1. The molecule has 1 saturated heterocycles. The van der Waals surface area contributed by atoms with Crippen molar-refractivity contribution in [1.29, 1.82) is 0 Å². The Labute approximate surface area is 168 Å². The average molecular weight is 382 g/mol. The molecular formula is C24H31NO3. The molecule has 0 radical (unpaired) electrons. The highest BCUT2D eigenvalue weighted by molar-refractivity contribution is 5.96. The van der Waals surface area contributed by atoms with Crippen LogP contribution in [0.1, 0.15) is 62.7 Å². The maximum atomic E-state index is 12.4. The molecule has 0 aliphatic carbocycles. The van der Waals surface area contributed by atoms with E-state index in [2.05, 4.69) is 6.92 Å². The van der Waals surface area contributed by atoms with Crippen LogP contribution in [0.2, 0.25) is 0 Å². The second-order valence-corrected chi connectivity index (χ2v) is 7.56. The lowest BCUT2D eigenvalue weighted by Gasteiger charge is -2.25. The molecule has 0 saturated carbocycles. The molecule has 0 spiro atoms. The summed E-state index contributed by atoms with van der Waals surface area (Å²) >= 11 is 0. The highest BCUT2D eigenvalue weighted by Gasteiger charge is 2.32. The highest BCUT2D eigenvalue weighted by atomic mass is 16.5. The maximum Gasteiger partial charge on any atom is 0.227 e. The van der Waals surface area contributed by atoms with Crippen molar-refractivity contribution in [3.8, 4) is 0 Å². The van der Waals surface area contributed by atoms with Crippen LogP contribution in [0.4, 0.5) is 5.69 Å². The number of ether oxygens (including phenoxy) is 1. The fraction of sp³-hybridized carbons (Fsp3) is 0.458. The van der Waals surface area contributed by atoms with E-state index in [9.17, 15) is 9.90 Å². The molecule has 2 atom stereocenters. The molecule has 150 valence electrons. The van der Waals surface area contributed by atoms with Crippen molar-refractivity contribution in [3.05, 3.63) is 65.7 Å². The SMILES string of the molecule is CCCCCC(O)c1ccc(N2C(=O)CC[C@@H]2COCc2ccccc2)cc1. The summed E-state index contributed by atoms with van der Waals surface area (Å²) in [6, 6.07) is 17.9. The summed E-state index contributed by atoms with van der Waals surface area (Å²) in [6.45, 7) is 3.25. The summed E-state index contributed by atoms with van der Waals surface area (Å²) in [7, 11) is 0. The van der Waals surface area contributed by atoms with Gasteiger partial charge in [-0.15, -0.1) is 0 Å². The van der Waals surface area contributed by atoms with Gasteiger partial charge in [0.15, 0.2) is 0 Å². The molecule has 1 heterocycles. The fourth-order valence-corrected chi connectivity index (χ4v) is 3.75. The first-order valence-corrected chi connectivity index (χ1v) is 10.4. The molecule has 1 aliphatic rings. The van der Waals surface area contributed by atoms with Crippen molar-refractivity contribution in [1.82, 2.24) is 0 Å². The molecule has 2 aromatic rings. The second-order valence-electron chi connectivity index (χ2n) is 7.56. The zero-order valence-electron chi connectivity index (χ0n) is 16.7. The third-order valence-electron chi connectivity index (χ3n) is 5.38. The number of carbonyl (C=O) groups is 1. The van der Waals surface area contributed by atoms with Gasteiger partial charge in [-0.05, 0) is 36.1 Å². The van der Waals surface area contributed by atoms with Crippen LogP contribution in [-0.2, 0) is 16.1 Å². The monoisotopic (exact) mass is 381 g/mol. The number of hydrogen-bond acceptors (Lipinski definition) is 3. The Morgan fingerprint density at radius 1 is 1.11 bits per heavy atom. The molecule has 1 amide bonds. The van der Waals surface area contributed by atoms with Crippen LogP contribution in [0.25, 0.3) is 0 Å². The minimum Gasteiger partial charge on any atom is -0.388 e. The molecule has 0 aromatic heterocycles. The second kappa shape index (κ2) is 10.4. The van der Waals surface area contributed by atoms with Gasteiger partial charge in [-0.2, -0.15) is 0 Å². The number of hydrogen-bond donors (Lipinski definition) is 1. The summed E-state index contributed by atoms with van der Waals surface area (Å²) in [6.07, 6.45) is 5.05. The van der Waals surface area contributed by atoms with Gasteiger partial charge in [0.05, 0.1) is 25.4 Å². The Hall–Kier alpha value is -2.17. The molecule has 1 unspecified atom stereocenters. The minimum atomic E-state index is -0.431. The fourth-order valence-electron chi connectivity index (χ4n) is 3.75. The van der Waals surface area contributed by atoms with Crippen LogP contribution in [0.3, 0.4) is 0 Å². The van der Waals surface area contributed by atoms with E-state index < -0.39 is 6.10 Å². The predicted octanol–water partition coefficient (Wildman–Crippen LogP) is 5.01. The zero-order chi connectivity index (χ0) is 19.8. The number of anilines is 1.